The van der Waals surface area contributed by atoms with Gasteiger partial charge in [-0.15, -0.1) is 0 Å². The van der Waals surface area contributed by atoms with Crippen LogP contribution in [0.15, 0.2) is 30.3 Å². The number of benzene rings is 2. The molecule has 4 rings (SSSR count). The fraction of sp³-hybridized carbons (Fsp3) is 0.300. The van der Waals surface area contributed by atoms with Crippen molar-refractivity contribution in [2.75, 3.05) is 5.33 Å². The van der Waals surface area contributed by atoms with Crippen molar-refractivity contribution in [2.24, 2.45) is 0 Å². The van der Waals surface area contributed by atoms with E-state index in [-0.39, 0.29) is 0 Å². The first-order valence-corrected chi connectivity index (χ1v) is 9.47. The fourth-order valence-electron chi connectivity index (χ4n) is 3.91. The Labute approximate surface area is 143 Å². The van der Waals surface area contributed by atoms with Gasteiger partial charge in [-0.1, -0.05) is 57.9 Å². The van der Waals surface area contributed by atoms with Gasteiger partial charge in [0.25, 0.3) is 0 Å². The van der Waals surface area contributed by atoms with E-state index < -0.39 is 0 Å². The van der Waals surface area contributed by atoms with Crippen molar-refractivity contribution in [3.05, 3.63) is 67.4 Å². The molecule has 0 spiro atoms. The van der Waals surface area contributed by atoms with Crippen LogP contribution in [0.25, 0.3) is 12.2 Å². The Kier molecular flexibility index (Phi) is 3.88. The molecule has 0 amide bonds. The van der Waals surface area contributed by atoms with Crippen molar-refractivity contribution in [3.63, 3.8) is 0 Å². The van der Waals surface area contributed by atoms with Crippen LogP contribution in [0, 0.1) is 10.4 Å². The summed E-state index contributed by atoms with van der Waals surface area (Å²) in [5.74, 6) is 0.488. The fourth-order valence-corrected chi connectivity index (χ4v) is 4.58. The molecule has 2 heteroatoms. The summed E-state index contributed by atoms with van der Waals surface area (Å²) in [6.07, 6.45) is 9.66. The van der Waals surface area contributed by atoms with E-state index in [1.807, 2.05) is 6.07 Å². The van der Waals surface area contributed by atoms with E-state index in [2.05, 4.69) is 52.3 Å². The molecule has 0 radical (unpaired) electrons. The molecule has 2 aromatic rings. The Morgan fingerprint density at radius 2 is 1.95 bits per heavy atom. The second-order valence-electron chi connectivity index (χ2n) is 6.17. The van der Waals surface area contributed by atoms with Crippen LogP contribution in [0.4, 0.5) is 0 Å². The third-order valence-corrected chi connectivity index (χ3v) is 5.56. The van der Waals surface area contributed by atoms with E-state index in [1.54, 1.807) is 11.1 Å². The molecule has 0 heterocycles. The van der Waals surface area contributed by atoms with Gasteiger partial charge in [-0.2, -0.15) is 0 Å². The molecule has 2 aliphatic rings. The second-order valence-corrected chi connectivity index (χ2v) is 7.40. The molecular formula is C20H18BrCl. The lowest BCUT2D eigenvalue weighted by molar-refractivity contribution is 0.776. The summed E-state index contributed by atoms with van der Waals surface area (Å²) >= 11 is 9.84. The van der Waals surface area contributed by atoms with Gasteiger partial charge >= 0.3 is 0 Å². The van der Waals surface area contributed by atoms with Crippen LogP contribution in [-0.4, -0.2) is 5.33 Å². The van der Waals surface area contributed by atoms with Crippen LogP contribution in [0.3, 0.4) is 0 Å². The third kappa shape index (κ3) is 2.35. The summed E-state index contributed by atoms with van der Waals surface area (Å²) < 4.78 is 0. The Bertz CT molecular complexity index is 943. The van der Waals surface area contributed by atoms with Crippen LogP contribution in [0.2, 0.25) is 5.02 Å². The SMILES string of the molecule is Clc1ccc2c(c1)=CC(CCBr)c1c3c(ccc1=2)=CCCC3. The zero-order chi connectivity index (χ0) is 15.1. The smallest absolute Gasteiger partial charge is 0.0412 e. The number of hydrogen-bond donors (Lipinski definition) is 0. The third-order valence-electron chi connectivity index (χ3n) is 4.86. The summed E-state index contributed by atoms with van der Waals surface area (Å²) in [4.78, 5) is 0. The van der Waals surface area contributed by atoms with Crippen LogP contribution < -0.4 is 10.4 Å². The maximum Gasteiger partial charge on any atom is 0.0412 e. The van der Waals surface area contributed by atoms with Crippen molar-refractivity contribution in [1.82, 2.24) is 0 Å². The largest absolute Gasteiger partial charge is 0.0928 e. The Morgan fingerprint density at radius 3 is 2.82 bits per heavy atom. The average molecular weight is 374 g/mol. The molecule has 2 aromatic carbocycles. The Balaban J connectivity index is 2.16. The van der Waals surface area contributed by atoms with E-state index in [4.69, 9.17) is 11.6 Å². The van der Waals surface area contributed by atoms with Crippen LogP contribution in [0.5, 0.6) is 0 Å². The maximum atomic E-state index is 6.21. The lowest BCUT2D eigenvalue weighted by Gasteiger charge is -2.23. The summed E-state index contributed by atoms with van der Waals surface area (Å²) in [5, 5.41) is 7.33. The first-order valence-electron chi connectivity index (χ1n) is 7.97. The molecule has 0 bridgehead atoms. The lowest BCUT2D eigenvalue weighted by atomic mass is 9.82. The first-order chi connectivity index (χ1) is 10.8. The van der Waals surface area contributed by atoms with Gasteiger partial charge < -0.3 is 0 Å². The normalized spacial score (nSPS) is 18.5. The van der Waals surface area contributed by atoms with Crippen molar-refractivity contribution in [3.8, 4) is 0 Å². The van der Waals surface area contributed by atoms with Crippen molar-refractivity contribution in [1.29, 1.82) is 0 Å². The highest BCUT2D eigenvalue weighted by atomic mass is 79.9. The number of hydrogen-bond acceptors (Lipinski definition) is 0. The minimum absolute atomic E-state index is 0.488. The van der Waals surface area contributed by atoms with Crippen molar-refractivity contribution >= 4 is 39.7 Å². The minimum Gasteiger partial charge on any atom is -0.0928 e. The second kappa shape index (κ2) is 5.86. The van der Waals surface area contributed by atoms with E-state index in [0.29, 0.717) is 5.92 Å². The molecule has 1 unspecified atom stereocenters. The van der Waals surface area contributed by atoms with Crippen molar-refractivity contribution in [2.45, 2.75) is 31.6 Å². The van der Waals surface area contributed by atoms with E-state index in [9.17, 15) is 0 Å². The van der Waals surface area contributed by atoms with E-state index in [1.165, 1.54) is 40.1 Å². The summed E-state index contributed by atoms with van der Waals surface area (Å²) in [5.41, 5.74) is 3.13. The molecule has 1 atom stereocenters. The number of alkyl halides is 1. The van der Waals surface area contributed by atoms with Gasteiger partial charge in [-0.25, -0.2) is 0 Å². The number of halogens is 2. The van der Waals surface area contributed by atoms with Gasteiger partial charge in [-0.3, -0.25) is 0 Å². The number of fused-ring (bicyclic) bond motifs is 4. The van der Waals surface area contributed by atoms with Crippen LogP contribution >= 0.6 is 27.5 Å². The molecule has 0 aliphatic heterocycles. The van der Waals surface area contributed by atoms with Gasteiger partial charge in [0, 0.05) is 16.3 Å². The first kappa shape index (κ1) is 14.5. The van der Waals surface area contributed by atoms with Crippen molar-refractivity contribution < 1.29 is 0 Å². The minimum atomic E-state index is 0.488. The topological polar surface area (TPSA) is 0 Å². The Hall–Kier alpha value is -1.05. The molecule has 2 aliphatic carbocycles. The molecule has 112 valence electrons. The molecule has 0 N–H and O–H groups in total. The zero-order valence-electron chi connectivity index (χ0n) is 12.4. The van der Waals surface area contributed by atoms with Gasteiger partial charge in [0.1, 0.15) is 0 Å². The maximum absolute atomic E-state index is 6.21. The van der Waals surface area contributed by atoms with E-state index >= 15 is 0 Å². The zero-order valence-corrected chi connectivity index (χ0v) is 14.8. The molecule has 0 aromatic heterocycles. The predicted molar refractivity (Wildman–Crippen MR) is 97.8 cm³/mol. The van der Waals surface area contributed by atoms with Crippen LogP contribution in [-0.2, 0) is 6.42 Å². The molecule has 0 fully saturated rings. The molecular weight excluding hydrogens is 356 g/mol. The van der Waals surface area contributed by atoms with Gasteiger partial charge in [-0.05, 0) is 69.8 Å². The van der Waals surface area contributed by atoms with Gasteiger partial charge in [0.05, 0.1) is 0 Å². The molecule has 0 nitrogen and oxygen atoms in total. The quantitative estimate of drug-likeness (QED) is 0.684. The van der Waals surface area contributed by atoms with Crippen LogP contribution in [0.1, 0.15) is 36.3 Å². The van der Waals surface area contributed by atoms with E-state index in [0.717, 1.165) is 16.8 Å². The summed E-state index contributed by atoms with van der Waals surface area (Å²) in [7, 11) is 0. The lowest BCUT2D eigenvalue weighted by Crippen LogP contribution is -2.22. The average Bonchev–Trinajstić information content (AvgIpc) is 2.54. The Morgan fingerprint density at radius 1 is 1.09 bits per heavy atom. The molecule has 0 saturated carbocycles. The van der Waals surface area contributed by atoms with Gasteiger partial charge in [0.2, 0.25) is 0 Å². The summed E-state index contributed by atoms with van der Waals surface area (Å²) in [6, 6.07) is 10.9. The standard InChI is InChI=1S/C20H18BrCl/c21-10-9-14-11-15-12-16(22)6-8-17(15)19-7-5-13-3-1-2-4-18(13)20(14)19/h3,5-8,11-12,14H,1-2,4,9-10H2. The predicted octanol–water partition coefficient (Wildman–Crippen LogP) is 4.41. The molecule has 0 saturated heterocycles. The highest BCUT2D eigenvalue weighted by Crippen LogP contribution is 2.29. The highest BCUT2D eigenvalue weighted by Gasteiger charge is 2.19. The van der Waals surface area contributed by atoms with Gasteiger partial charge in [0.15, 0.2) is 0 Å². The monoisotopic (exact) mass is 372 g/mol. The number of rotatable bonds is 2. The highest BCUT2D eigenvalue weighted by molar-refractivity contribution is 9.09. The molecule has 22 heavy (non-hydrogen) atoms. The summed E-state index contributed by atoms with van der Waals surface area (Å²) in [6.45, 7) is 0.